The molecule has 0 N–H and O–H groups in total. The molecular weight excluding hydrogens is 426 g/mol. The van der Waals surface area contributed by atoms with Crippen molar-refractivity contribution in [1.29, 1.82) is 0 Å². The van der Waals surface area contributed by atoms with Crippen LogP contribution in [0.5, 0.6) is 0 Å². The van der Waals surface area contributed by atoms with Crippen molar-refractivity contribution >= 4 is 21.8 Å². The van der Waals surface area contributed by atoms with Crippen LogP contribution in [0.15, 0.2) is 71.8 Å². The molecule has 5 rings (SSSR count). The molecule has 2 amide bonds. The van der Waals surface area contributed by atoms with Crippen LogP contribution in [0.25, 0.3) is 0 Å². The molecule has 0 aliphatic carbocycles. The van der Waals surface area contributed by atoms with Crippen LogP contribution in [0.2, 0.25) is 0 Å². The molecule has 8 heteroatoms. The lowest BCUT2D eigenvalue weighted by Crippen LogP contribution is -2.35. The Morgan fingerprint density at radius 1 is 0.875 bits per heavy atom. The maximum atomic E-state index is 13.1. The van der Waals surface area contributed by atoms with Crippen molar-refractivity contribution in [3.63, 3.8) is 0 Å². The van der Waals surface area contributed by atoms with Gasteiger partial charge in [0.05, 0.1) is 10.5 Å². The van der Waals surface area contributed by atoms with Crippen molar-refractivity contribution in [2.24, 2.45) is 0 Å². The molecule has 0 atom stereocenters. The van der Waals surface area contributed by atoms with Crippen molar-refractivity contribution in [2.75, 3.05) is 13.1 Å². The summed E-state index contributed by atoms with van der Waals surface area (Å²) in [6, 6.07) is 17.8. The predicted octanol–water partition coefficient (Wildman–Crippen LogP) is 2.67. The van der Waals surface area contributed by atoms with E-state index in [-0.39, 0.29) is 23.0 Å². The number of imide groups is 1. The van der Waals surface area contributed by atoms with Crippen molar-refractivity contribution in [2.45, 2.75) is 24.3 Å². The Bertz CT molecular complexity index is 1280. The molecule has 3 heterocycles. The zero-order valence-electron chi connectivity index (χ0n) is 17.3. The quantitative estimate of drug-likeness (QED) is 0.561. The molecular formula is C24H21N3O4S. The standard InChI is InChI=1S/C24H21N3O4S/c28-23-21-6-3-13-25-22(21)24(29)27(23)15-11-17-7-9-20(10-8-17)32(30,31)26-14-12-18-4-1-2-5-19(18)16-26/h1-10,13H,11-12,14-16H2. The smallest absolute Gasteiger partial charge is 0.273 e. The summed E-state index contributed by atoms with van der Waals surface area (Å²) >= 11 is 0. The first kappa shape index (κ1) is 20.5. The zero-order valence-corrected chi connectivity index (χ0v) is 18.1. The monoisotopic (exact) mass is 447 g/mol. The Kier molecular flexibility index (Phi) is 5.11. The molecule has 0 saturated carbocycles. The van der Waals surface area contributed by atoms with Crippen LogP contribution >= 0.6 is 0 Å². The highest BCUT2D eigenvalue weighted by atomic mass is 32.2. The van der Waals surface area contributed by atoms with E-state index in [1.165, 1.54) is 21.0 Å². The Hall–Kier alpha value is -3.36. The van der Waals surface area contributed by atoms with Crippen LogP contribution < -0.4 is 0 Å². The van der Waals surface area contributed by atoms with Gasteiger partial charge < -0.3 is 0 Å². The van der Waals surface area contributed by atoms with Crippen molar-refractivity contribution < 1.29 is 18.0 Å². The van der Waals surface area contributed by atoms with Gasteiger partial charge in [-0.3, -0.25) is 19.5 Å². The summed E-state index contributed by atoms with van der Waals surface area (Å²) in [4.78, 5) is 30.3. The lowest BCUT2D eigenvalue weighted by Gasteiger charge is -2.28. The largest absolute Gasteiger partial charge is 0.280 e. The number of hydrogen-bond donors (Lipinski definition) is 0. The average Bonchev–Trinajstić information content (AvgIpc) is 3.07. The van der Waals surface area contributed by atoms with Crippen LogP contribution in [0.4, 0.5) is 0 Å². The SMILES string of the molecule is O=C1c2cccnc2C(=O)N1CCc1ccc(S(=O)(=O)N2CCc3ccccc3C2)cc1. The molecule has 3 aromatic rings. The minimum Gasteiger partial charge on any atom is -0.273 e. The third-order valence-corrected chi connectivity index (χ3v) is 7.87. The number of aromatic nitrogens is 1. The summed E-state index contributed by atoms with van der Waals surface area (Å²) in [7, 11) is -3.60. The molecule has 0 spiro atoms. The molecule has 2 aliphatic rings. The minimum atomic E-state index is -3.60. The first-order chi connectivity index (χ1) is 15.4. The fourth-order valence-corrected chi connectivity index (χ4v) is 5.63. The first-order valence-corrected chi connectivity index (χ1v) is 11.9. The fraction of sp³-hybridized carbons (Fsp3) is 0.208. The number of pyridine rings is 1. The number of amides is 2. The van der Waals surface area contributed by atoms with Crippen LogP contribution in [0.3, 0.4) is 0 Å². The summed E-state index contributed by atoms with van der Waals surface area (Å²) in [5.74, 6) is -0.738. The van der Waals surface area contributed by atoms with E-state index in [2.05, 4.69) is 4.98 Å². The van der Waals surface area contributed by atoms with E-state index >= 15 is 0 Å². The molecule has 2 aromatic carbocycles. The molecule has 0 radical (unpaired) electrons. The number of carbonyl (C=O) groups excluding carboxylic acids is 2. The minimum absolute atomic E-state index is 0.182. The van der Waals surface area contributed by atoms with E-state index in [1.54, 1.807) is 36.4 Å². The Labute approximate surface area is 186 Å². The summed E-state index contributed by atoms with van der Waals surface area (Å²) in [5, 5.41) is 0. The van der Waals surface area contributed by atoms with Gasteiger partial charge >= 0.3 is 0 Å². The van der Waals surface area contributed by atoms with Crippen LogP contribution in [-0.2, 0) is 29.4 Å². The number of carbonyl (C=O) groups is 2. The average molecular weight is 448 g/mol. The van der Waals surface area contributed by atoms with Gasteiger partial charge in [0, 0.05) is 25.8 Å². The molecule has 1 aromatic heterocycles. The Morgan fingerprint density at radius 3 is 2.38 bits per heavy atom. The second-order valence-corrected chi connectivity index (χ2v) is 9.85. The molecule has 0 saturated heterocycles. The number of hydrogen-bond acceptors (Lipinski definition) is 5. The molecule has 162 valence electrons. The van der Waals surface area contributed by atoms with E-state index in [9.17, 15) is 18.0 Å². The second kappa shape index (κ2) is 7.96. The highest BCUT2D eigenvalue weighted by Gasteiger charge is 2.36. The maximum absolute atomic E-state index is 13.1. The number of benzene rings is 2. The number of fused-ring (bicyclic) bond motifs is 2. The highest BCUT2D eigenvalue weighted by molar-refractivity contribution is 7.89. The van der Waals surface area contributed by atoms with E-state index in [0.29, 0.717) is 31.5 Å². The lowest BCUT2D eigenvalue weighted by atomic mass is 10.0. The molecule has 7 nitrogen and oxygen atoms in total. The second-order valence-electron chi connectivity index (χ2n) is 7.91. The topological polar surface area (TPSA) is 87.6 Å². The summed E-state index contributed by atoms with van der Waals surface area (Å²) in [5.41, 5.74) is 3.58. The zero-order chi connectivity index (χ0) is 22.3. The summed E-state index contributed by atoms with van der Waals surface area (Å²) in [6.45, 7) is 1.03. The number of sulfonamides is 1. The van der Waals surface area contributed by atoms with Gasteiger partial charge in [0.2, 0.25) is 10.0 Å². The van der Waals surface area contributed by atoms with Gasteiger partial charge in [0.15, 0.2) is 0 Å². The van der Waals surface area contributed by atoms with Gasteiger partial charge in [-0.05, 0) is 53.8 Å². The van der Waals surface area contributed by atoms with E-state index in [4.69, 9.17) is 0 Å². The molecule has 0 unspecified atom stereocenters. The summed E-state index contributed by atoms with van der Waals surface area (Å²) < 4.78 is 27.7. The summed E-state index contributed by atoms with van der Waals surface area (Å²) in [6.07, 6.45) is 2.62. The van der Waals surface area contributed by atoms with Gasteiger partial charge in [-0.15, -0.1) is 0 Å². The first-order valence-electron chi connectivity index (χ1n) is 10.4. The maximum Gasteiger partial charge on any atom is 0.280 e. The third-order valence-electron chi connectivity index (χ3n) is 6.01. The van der Waals surface area contributed by atoms with Crippen molar-refractivity contribution in [1.82, 2.24) is 14.2 Å². The highest BCUT2D eigenvalue weighted by Crippen LogP contribution is 2.25. The normalized spacial score (nSPS) is 16.2. The van der Waals surface area contributed by atoms with E-state index in [1.807, 2.05) is 24.3 Å². The molecule has 0 fully saturated rings. The Balaban J connectivity index is 1.27. The van der Waals surface area contributed by atoms with Crippen LogP contribution in [0, 0.1) is 0 Å². The van der Waals surface area contributed by atoms with Crippen molar-refractivity contribution in [3.05, 3.63) is 94.8 Å². The Morgan fingerprint density at radius 2 is 1.62 bits per heavy atom. The fourth-order valence-electron chi connectivity index (χ4n) is 4.21. The van der Waals surface area contributed by atoms with E-state index in [0.717, 1.165) is 11.1 Å². The van der Waals surface area contributed by atoms with Gasteiger partial charge in [-0.1, -0.05) is 36.4 Å². The molecule has 0 bridgehead atoms. The predicted molar refractivity (Wildman–Crippen MR) is 117 cm³/mol. The van der Waals surface area contributed by atoms with Gasteiger partial charge in [-0.25, -0.2) is 8.42 Å². The van der Waals surface area contributed by atoms with E-state index < -0.39 is 15.9 Å². The van der Waals surface area contributed by atoms with Gasteiger partial charge in [-0.2, -0.15) is 4.31 Å². The van der Waals surface area contributed by atoms with Crippen LogP contribution in [0.1, 0.15) is 37.5 Å². The lowest BCUT2D eigenvalue weighted by molar-refractivity contribution is 0.0654. The van der Waals surface area contributed by atoms with Crippen molar-refractivity contribution in [3.8, 4) is 0 Å². The molecule has 2 aliphatic heterocycles. The molecule has 32 heavy (non-hydrogen) atoms. The number of nitrogens with zero attached hydrogens (tertiary/aromatic N) is 3. The van der Waals surface area contributed by atoms with Gasteiger partial charge in [0.25, 0.3) is 11.8 Å². The van der Waals surface area contributed by atoms with Crippen LogP contribution in [-0.4, -0.2) is 47.5 Å². The van der Waals surface area contributed by atoms with Gasteiger partial charge in [0.1, 0.15) is 5.69 Å². The number of rotatable bonds is 5. The third kappa shape index (κ3) is 3.51.